The summed E-state index contributed by atoms with van der Waals surface area (Å²) in [5.41, 5.74) is 3.58. The number of rotatable bonds is 7. The van der Waals surface area contributed by atoms with Gasteiger partial charge in [-0.05, 0) is 17.7 Å². The third-order valence-electron chi connectivity index (χ3n) is 4.87. The molecule has 0 fully saturated rings. The average Bonchev–Trinajstić information content (AvgIpc) is 3.37. The Balaban J connectivity index is 1.55. The summed E-state index contributed by atoms with van der Waals surface area (Å²) in [6.45, 7) is 0.169. The number of carbonyl (C=O) groups is 2. The van der Waals surface area contributed by atoms with E-state index in [4.69, 9.17) is 16.3 Å². The minimum atomic E-state index is -0.466. The van der Waals surface area contributed by atoms with Crippen LogP contribution < -0.4 is 0 Å². The number of ether oxygens (including phenoxy) is 1. The van der Waals surface area contributed by atoms with Crippen molar-refractivity contribution in [3.63, 3.8) is 0 Å². The van der Waals surface area contributed by atoms with E-state index in [2.05, 4.69) is 4.98 Å². The Morgan fingerprint density at radius 1 is 1.13 bits per heavy atom. The molecule has 6 nitrogen and oxygen atoms in total. The molecule has 0 N–H and O–H groups in total. The molecule has 2 aromatic heterocycles. The molecule has 0 aliphatic heterocycles. The molecule has 0 radical (unpaired) electrons. The minimum Gasteiger partial charge on any atom is -0.468 e. The predicted molar refractivity (Wildman–Crippen MR) is 121 cm³/mol. The highest BCUT2D eigenvalue weighted by molar-refractivity contribution is 7.15. The number of nitrogens with zero attached hydrogens (tertiary/aromatic N) is 3. The van der Waals surface area contributed by atoms with Crippen molar-refractivity contribution in [3.05, 3.63) is 82.5 Å². The molecule has 0 spiro atoms. The summed E-state index contributed by atoms with van der Waals surface area (Å²) in [4.78, 5) is 32.0. The number of aromatic nitrogens is 2. The van der Waals surface area contributed by atoms with Crippen LogP contribution in [0, 0.1) is 0 Å². The van der Waals surface area contributed by atoms with E-state index in [1.54, 1.807) is 12.1 Å². The molecule has 0 saturated heterocycles. The van der Waals surface area contributed by atoms with Crippen LogP contribution in [0.15, 0.2) is 66.2 Å². The van der Waals surface area contributed by atoms with Crippen molar-refractivity contribution in [2.24, 2.45) is 0 Å². The largest absolute Gasteiger partial charge is 0.468 e. The van der Waals surface area contributed by atoms with Crippen LogP contribution in [-0.2, 0) is 27.3 Å². The number of hydrogen-bond acceptors (Lipinski definition) is 5. The Kier molecular flexibility index (Phi) is 6.34. The number of halogens is 1. The lowest BCUT2D eigenvalue weighted by atomic mass is 10.2. The maximum atomic E-state index is 13.1. The first-order valence-corrected chi connectivity index (χ1v) is 10.9. The van der Waals surface area contributed by atoms with Crippen molar-refractivity contribution in [2.45, 2.75) is 13.0 Å². The minimum absolute atomic E-state index is 0.121. The Morgan fingerprint density at radius 3 is 2.58 bits per heavy atom. The van der Waals surface area contributed by atoms with Gasteiger partial charge in [0, 0.05) is 34.4 Å². The summed E-state index contributed by atoms with van der Waals surface area (Å²) in [5.74, 6) is -0.637. The van der Waals surface area contributed by atoms with Crippen molar-refractivity contribution >= 4 is 39.8 Å². The maximum absolute atomic E-state index is 13.1. The molecular weight excluding hydrogens is 434 g/mol. The molecule has 0 aliphatic rings. The second-order valence-corrected chi connectivity index (χ2v) is 8.27. The van der Waals surface area contributed by atoms with Crippen molar-refractivity contribution < 1.29 is 14.3 Å². The van der Waals surface area contributed by atoms with Gasteiger partial charge in [0.2, 0.25) is 5.91 Å². The first-order chi connectivity index (χ1) is 15.0. The Morgan fingerprint density at radius 2 is 1.87 bits per heavy atom. The van der Waals surface area contributed by atoms with Gasteiger partial charge in [-0.25, -0.2) is 4.98 Å². The summed E-state index contributed by atoms with van der Waals surface area (Å²) in [6, 6.07) is 17.1. The number of amides is 1. The molecule has 2 heterocycles. The second kappa shape index (κ2) is 9.32. The lowest BCUT2D eigenvalue weighted by molar-refractivity contribution is -0.147. The van der Waals surface area contributed by atoms with E-state index in [0.717, 1.165) is 27.5 Å². The first kappa shape index (κ1) is 21.1. The third kappa shape index (κ3) is 4.95. The van der Waals surface area contributed by atoms with Crippen LogP contribution in [0.1, 0.15) is 11.3 Å². The van der Waals surface area contributed by atoms with Crippen LogP contribution in [-0.4, -0.2) is 39.8 Å². The van der Waals surface area contributed by atoms with E-state index in [-0.39, 0.29) is 25.4 Å². The van der Waals surface area contributed by atoms with Crippen LogP contribution in [0.25, 0.3) is 16.2 Å². The highest BCUT2D eigenvalue weighted by Gasteiger charge is 2.20. The van der Waals surface area contributed by atoms with Crippen molar-refractivity contribution in [2.75, 3.05) is 13.7 Å². The number of methoxy groups -OCH3 is 1. The number of thiazole rings is 1. The lowest BCUT2D eigenvalue weighted by Crippen LogP contribution is -2.36. The maximum Gasteiger partial charge on any atom is 0.325 e. The predicted octanol–water partition coefficient (Wildman–Crippen LogP) is 4.46. The lowest BCUT2D eigenvalue weighted by Gasteiger charge is -2.21. The fourth-order valence-electron chi connectivity index (χ4n) is 3.23. The average molecular weight is 454 g/mol. The van der Waals surface area contributed by atoms with Crippen LogP contribution in [0.5, 0.6) is 0 Å². The third-order valence-corrected chi connectivity index (χ3v) is 6.01. The normalized spacial score (nSPS) is 10.9. The van der Waals surface area contributed by atoms with Crippen molar-refractivity contribution in [1.29, 1.82) is 0 Å². The van der Waals surface area contributed by atoms with Gasteiger partial charge in [-0.1, -0.05) is 54.1 Å². The number of carbonyl (C=O) groups excluding carboxylic acids is 2. The van der Waals surface area contributed by atoms with Gasteiger partial charge in [-0.2, -0.15) is 0 Å². The van der Waals surface area contributed by atoms with Crippen molar-refractivity contribution in [1.82, 2.24) is 14.3 Å². The van der Waals surface area contributed by atoms with E-state index in [9.17, 15) is 9.59 Å². The van der Waals surface area contributed by atoms with Crippen molar-refractivity contribution in [3.8, 4) is 11.3 Å². The van der Waals surface area contributed by atoms with Gasteiger partial charge in [0.15, 0.2) is 4.96 Å². The molecule has 158 valence electrons. The second-order valence-electron chi connectivity index (χ2n) is 7.00. The topological polar surface area (TPSA) is 63.9 Å². The van der Waals surface area contributed by atoms with Gasteiger partial charge >= 0.3 is 5.97 Å². The molecule has 0 saturated carbocycles. The monoisotopic (exact) mass is 453 g/mol. The van der Waals surface area contributed by atoms with Gasteiger partial charge in [0.05, 0.1) is 19.2 Å². The SMILES string of the molecule is COC(=O)CN(Cc1ccc(Cl)cc1)C(=O)Cc1csc2nc(-c3ccccc3)cn12. The summed E-state index contributed by atoms with van der Waals surface area (Å²) in [6.07, 6.45) is 2.09. The highest BCUT2D eigenvalue weighted by atomic mass is 35.5. The first-order valence-electron chi connectivity index (χ1n) is 9.63. The number of benzene rings is 2. The number of fused-ring (bicyclic) bond motifs is 1. The molecule has 4 rings (SSSR count). The molecule has 0 aliphatic carbocycles. The fourth-order valence-corrected chi connectivity index (χ4v) is 4.23. The van der Waals surface area contributed by atoms with Gasteiger partial charge in [-0.15, -0.1) is 11.3 Å². The van der Waals surface area contributed by atoms with E-state index in [1.807, 2.05) is 58.4 Å². The standard InChI is InChI=1S/C23H20ClN3O3S/c1-30-22(29)14-26(12-16-7-9-18(24)10-8-16)21(28)11-19-15-31-23-25-20(13-27(19)23)17-5-3-2-4-6-17/h2-10,13,15H,11-12,14H2,1H3. The Labute approximate surface area is 188 Å². The van der Waals surface area contributed by atoms with Crippen LogP contribution in [0.3, 0.4) is 0 Å². The molecule has 0 bridgehead atoms. The van der Waals surface area contributed by atoms with E-state index >= 15 is 0 Å². The van der Waals surface area contributed by atoms with Crippen LogP contribution in [0.4, 0.5) is 0 Å². The molecule has 4 aromatic rings. The molecule has 31 heavy (non-hydrogen) atoms. The molecule has 0 atom stereocenters. The van der Waals surface area contributed by atoms with Crippen LogP contribution >= 0.6 is 22.9 Å². The number of imidazole rings is 1. The quantitative estimate of drug-likeness (QED) is 0.387. The number of esters is 1. The number of hydrogen-bond donors (Lipinski definition) is 0. The summed E-state index contributed by atoms with van der Waals surface area (Å²) >= 11 is 7.43. The molecule has 1 amide bonds. The Bertz CT molecular complexity index is 1200. The molecule has 2 aromatic carbocycles. The van der Waals surface area contributed by atoms with Gasteiger partial charge in [-0.3, -0.25) is 14.0 Å². The Hall–Kier alpha value is -3.16. The smallest absolute Gasteiger partial charge is 0.325 e. The summed E-state index contributed by atoms with van der Waals surface area (Å²) < 4.78 is 6.71. The fraction of sp³-hybridized carbons (Fsp3) is 0.174. The summed E-state index contributed by atoms with van der Waals surface area (Å²) in [7, 11) is 1.31. The van der Waals surface area contributed by atoms with Gasteiger partial charge in [0.1, 0.15) is 6.54 Å². The van der Waals surface area contributed by atoms with Gasteiger partial charge in [0.25, 0.3) is 0 Å². The zero-order valence-electron chi connectivity index (χ0n) is 16.8. The van der Waals surface area contributed by atoms with Gasteiger partial charge < -0.3 is 9.64 Å². The molecular formula is C23H20ClN3O3S. The highest BCUT2D eigenvalue weighted by Crippen LogP contribution is 2.24. The van der Waals surface area contributed by atoms with Crippen LogP contribution in [0.2, 0.25) is 5.02 Å². The zero-order chi connectivity index (χ0) is 21.8. The van der Waals surface area contributed by atoms with E-state index in [0.29, 0.717) is 5.02 Å². The molecule has 0 unspecified atom stereocenters. The molecule has 8 heteroatoms. The van der Waals surface area contributed by atoms with E-state index < -0.39 is 5.97 Å². The summed E-state index contributed by atoms with van der Waals surface area (Å²) in [5, 5.41) is 2.54. The van der Waals surface area contributed by atoms with E-state index in [1.165, 1.54) is 23.3 Å². The zero-order valence-corrected chi connectivity index (χ0v) is 18.4.